The van der Waals surface area contributed by atoms with E-state index in [9.17, 15) is 14.7 Å². The van der Waals surface area contributed by atoms with Crippen LogP contribution in [0.4, 0.5) is 0 Å². The van der Waals surface area contributed by atoms with Crippen molar-refractivity contribution >= 4 is 11.9 Å². The van der Waals surface area contributed by atoms with E-state index in [1.165, 1.54) is 0 Å². The Balaban J connectivity index is 2.94. The molecule has 4 heteroatoms. The molecule has 104 valence electrons. The lowest BCUT2D eigenvalue weighted by Gasteiger charge is -2.29. The van der Waals surface area contributed by atoms with Crippen LogP contribution >= 0.6 is 0 Å². The van der Waals surface area contributed by atoms with Crippen LogP contribution in [0.5, 0.6) is 0 Å². The average Bonchev–Trinajstić information content (AvgIpc) is 2.41. The molecule has 0 spiro atoms. The number of amides is 1. The molecule has 0 radical (unpaired) electrons. The van der Waals surface area contributed by atoms with Crippen LogP contribution in [0.2, 0.25) is 0 Å². The molecule has 0 aliphatic carbocycles. The van der Waals surface area contributed by atoms with Crippen molar-refractivity contribution in [3.8, 4) is 0 Å². The minimum atomic E-state index is -1.05. The predicted molar refractivity (Wildman–Crippen MR) is 74.0 cm³/mol. The van der Waals surface area contributed by atoms with Crippen molar-refractivity contribution in [1.82, 2.24) is 5.32 Å². The molecule has 0 aromatic heterocycles. The number of carboxylic acid groups (broad SMARTS) is 1. The van der Waals surface area contributed by atoms with E-state index in [1.54, 1.807) is 12.1 Å². The maximum absolute atomic E-state index is 11.7. The number of benzene rings is 1. The van der Waals surface area contributed by atoms with Crippen LogP contribution in [-0.4, -0.2) is 23.5 Å². The van der Waals surface area contributed by atoms with Crippen LogP contribution in [0.25, 0.3) is 0 Å². The minimum absolute atomic E-state index is 0.0995. The summed E-state index contributed by atoms with van der Waals surface area (Å²) in [5, 5.41) is 12.3. The van der Waals surface area contributed by atoms with Gasteiger partial charge in [0, 0.05) is 13.0 Å². The van der Waals surface area contributed by atoms with Gasteiger partial charge >= 0.3 is 5.97 Å². The Morgan fingerprint density at radius 3 is 2.32 bits per heavy atom. The van der Waals surface area contributed by atoms with Crippen molar-refractivity contribution in [2.75, 3.05) is 6.54 Å². The maximum Gasteiger partial charge on any atom is 0.315 e. The lowest BCUT2D eigenvalue weighted by Crippen LogP contribution is -2.46. The van der Waals surface area contributed by atoms with Gasteiger partial charge in [0.1, 0.15) is 5.41 Å². The molecule has 1 aromatic carbocycles. The maximum atomic E-state index is 11.7. The fourth-order valence-electron chi connectivity index (χ4n) is 2.10. The molecule has 0 bridgehead atoms. The second kappa shape index (κ2) is 6.92. The Morgan fingerprint density at radius 2 is 1.84 bits per heavy atom. The highest BCUT2D eigenvalue weighted by atomic mass is 16.4. The molecule has 4 nitrogen and oxygen atoms in total. The van der Waals surface area contributed by atoms with Crippen molar-refractivity contribution < 1.29 is 14.7 Å². The summed E-state index contributed by atoms with van der Waals surface area (Å²) in [6.07, 6.45) is 1.61. The monoisotopic (exact) mass is 263 g/mol. The first-order valence-electron chi connectivity index (χ1n) is 6.62. The third-order valence-electron chi connectivity index (χ3n) is 3.40. The fourth-order valence-corrected chi connectivity index (χ4v) is 2.10. The molecule has 1 aromatic rings. The molecule has 1 atom stereocenters. The van der Waals surface area contributed by atoms with E-state index in [1.807, 2.05) is 32.0 Å². The Morgan fingerprint density at radius 1 is 1.21 bits per heavy atom. The number of carbonyl (C=O) groups excluding carboxylic acids is 1. The summed E-state index contributed by atoms with van der Waals surface area (Å²) >= 11 is 0. The van der Waals surface area contributed by atoms with Crippen LogP contribution in [-0.2, 0) is 15.0 Å². The second-order valence-corrected chi connectivity index (χ2v) is 4.63. The molecule has 0 aliphatic rings. The van der Waals surface area contributed by atoms with Gasteiger partial charge < -0.3 is 10.4 Å². The molecule has 0 saturated carbocycles. The summed E-state index contributed by atoms with van der Waals surface area (Å²) in [5.41, 5.74) is -0.327. The highest BCUT2D eigenvalue weighted by Crippen LogP contribution is 2.27. The molecule has 1 rings (SSSR count). The van der Waals surface area contributed by atoms with E-state index in [2.05, 4.69) is 5.32 Å². The number of hydrogen-bond donors (Lipinski definition) is 2. The smallest absolute Gasteiger partial charge is 0.315 e. The summed E-state index contributed by atoms with van der Waals surface area (Å²) in [6, 6.07) is 9.07. The fraction of sp³-hybridized carbons (Fsp3) is 0.467. The quantitative estimate of drug-likeness (QED) is 0.793. The lowest BCUT2D eigenvalue weighted by atomic mass is 9.78. The van der Waals surface area contributed by atoms with Gasteiger partial charge in [0.25, 0.3) is 0 Å². The number of hydrogen-bond acceptors (Lipinski definition) is 2. The largest absolute Gasteiger partial charge is 0.481 e. The molecule has 1 amide bonds. The van der Waals surface area contributed by atoms with Gasteiger partial charge in [-0.3, -0.25) is 9.59 Å². The van der Waals surface area contributed by atoms with Crippen LogP contribution in [0.15, 0.2) is 30.3 Å². The first-order valence-corrected chi connectivity index (χ1v) is 6.62. The molecule has 0 saturated heterocycles. The van der Waals surface area contributed by atoms with Crippen LogP contribution in [0.1, 0.15) is 38.7 Å². The van der Waals surface area contributed by atoms with E-state index >= 15 is 0 Å². The second-order valence-electron chi connectivity index (χ2n) is 4.63. The van der Waals surface area contributed by atoms with Gasteiger partial charge in [-0.05, 0) is 18.4 Å². The number of carboxylic acids is 1. The molecule has 1 unspecified atom stereocenters. The third-order valence-corrected chi connectivity index (χ3v) is 3.40. The standard InChI is InChI=1S/C15H21NO3/c1-3-8-13(17)16-11-15(4-2,14(18)19)12-9-6-5-7-10-12/h5-7,9-10H,3-4,8,11H2,1-2H3,(H,16,17)(H,18,19). The van der Waals surface area contributed by atoms with Gasteiger partial charge in [0.15, 0.2) is 0 Å². The Labute approximate surface area is 113 Å². The summed E-state index contributed by atoms with van der Waals surface area (Å²) in [4.78, 5) is 23.2. The van der Waals surface area contributed by atoms with Crippen molar-refractivity contribution in [1.29, 1.82) is 0 Å². The average molecular weight is 263 g/mol. The lowest BCUT2D eigenvalue weighted by molar-refractivity contribution is -0.144. The van der Waals surface area contributed by atoms with Gasteiger partial charge in [-0.15, -0.1) is 0 Å². The zero-order valence-corrected chi connectivity index (χ0v) is 11.5. The Kier molecular flexibility index (Phi) is 5.55. The summed E-state index contributed by atoms with van der Waals surface area (Å²) in [6.45, 7) is 3.87. The van der Waals surface area contributed by atoms with Crippen molar-refractivity contribution in [2.24, 2.45) is 0 Å². The van der Waals surface area contributed by atoms with Crippen LogP contribution in [0, 0.1) is 0 Å². The zero-order chi connectivity index (χ0) is 14.3. The first kappa shape index (κ1) is 15.2. The van der Waals surface area contributed by atoms with E-state index in [4.69, 9.17) is 0 Å². The number of aliphatic carboxylic acids is 1. The summed E-state index contributed by atoms with van der Waals surface area (Å²) in [7, 11) is 0. The number of nitrogens with one attached hydrogen (secondary N) is 1. The Bertz CT molecular complexity index is 430. The van der Waals surface area contributed by atoms with Crippen LogP contribution in [0.3, 0.4) is 0 Å². The van der Waals surface area contributed by atoms with E-state index in [0.717, 1.165) is 12.0 Å². The highest BCUT2D eigenvalue weighted by Gasteiger charge is 2.38. The number of rotatable bonds is 7. The van der Waals surface area contributed by atoms with Crippen molar-refractivity contribution in [2.45, 2.75) is 38.5 Å². The van der Waals surface area contributed by atoms with Gasteiger partial charge in [-0.2, -0.15) is 0 Å². The highest BCUT2D eigenvalue weighted by molar-refractivity contribution is 5.83. The molecule has 0 aliphatic heterocycles. The summed E-state index contributed by atoms with van der Waals surface area (Å²) < 4.78 is 0. The molecule has 0 heterocycles. The van der Waals surface area contributed by atoms with Gasteiger partial charge in [0.2, 0.25) is 5.91 Å². The van der Waals surface area contributed by atoms with Gasteiger partial charge in [-0.1, -0.05) is 44.2 Å². The minimum Gasteiger partial charge on any atom is -0.481 e. The molecule has 19 heavy (non-hydrogen) atoms. The third kappa shape index (κ3) is 3.56. The first-order chi connectivity index (χ1) is 9.06. The Hall–Kier alpha value is -1.84. The van der Waals surface area contributed by atoms with Gasteiger partial charge in [-0.25, -0.2) is 0 Å². The van der Waals surface area contributed by atoms with E-state index in [0.29, 0.717) is 12.8 Å². The topological polar surface area (TPSA) is 66.4 Å². The SMILES string of the molecule is CCCC(=O)NCC(CC)(C(=O)O)c1ccccc1. The van der Waals surface area contributed by atoms with E-state index < -0.39 is 11.4 Å². The van der Waals surface area contributed by atoms with Crippen molar-refractivity contribution in [3.05, 3.63) is 35.9 Å². The van der Waals surface area contributed by atoms with Crippen molar-refractivity contribution in [3.63, 3.8) is 0 Å². The van der Waals surface area contributed by atoms with E-state index in [-0.39, 0.29) is 12.5 Å². The normalized spacial score (nSPS) is 13.6. The van der Waals surface area contributed by atoms with Gasteiger partial charge in [0.05, 0.1) is 0 Å². The predicted octanol–water partition coefficient (Wildman–Crippen LogP) is 2.34. The van der Waals surface area contributed by atoms with Crippen LogP contribution < -0.4 is 5.32 Å². The zero-order valence-electron chi connectivity index (χ0n) is 11.5. The molecular weight excluding hydrogens is 242 g/mol. The molecule has 0 fully saturated rings. The molecule has 2 N–H and O–H groups in total. The molecular formula is C15H21NO3. The summed E-state index contributed by atoms with van der Waals surface area (Å²) in [5.74, 6) is -1.00. The number of carbonyl (C=O) groups is 2.